The summed E-state index contributed by atoms with van der Waals surface area (Å²) in [6.07, 6.45) is 6.58. The topological polar surface area (TPSA) is 57.0 Å². The summed E-state index contributed by atoms with van der Waals surface area (Å²) in [7, 11) is 0. The molecule has 1 atom stereocenters. The van der Waals surface area contributed by atoms with E-state index in [0.717, 1.165) is 41.8 Å². The van der Waals surface area contributed by atoms with Gasteiger partial charge in [-0.3, -0.25) is 9.59 Å². The molecule has 0 aliphatic rings. The Bertz CT molecular complexity index is 1460. The SMILES string of the molecule is CCC[C@@](I)(Oc1ccc(C(=O)c2cc(CCCC(=O)OCC)n3ccccc23)cc1)c1ccc(CC(C)C)cc1. The predicted octanol–water partition coefficient (Wildman–Crippen LogP) is 8.72. The molecule has 0 amide bonds. The van der Waals surface area contributed by atoms with Crippen molar-refractivity contribution in [3.05, 3.63) is 107 Å². The summed E-state index contributed by atoms with van der Waals surface area (Å²) in [6.45, 7) is 8.83. The lowest BCUT2D eigenvalue weighted by atomic mass is 9.98. The fourth-order valence-corrected chi connectivity index (χ4v) is 6.35. The van der Waals surface area contributed by atoms with Gasteiger partial charge in [0.25, 0.3) is 0 Å². The number of nitrogens with zero attached hydrogens (tertiary/aromatic N) is 1. The summed E-state index contributed by atoms with van der Waals surface area (Å²) < 4.78 is 13.2. The minimum absolute atomic E-state index is 0.0353. The van der Waals surface area contributed by atoms with Crippen molar-refractivity contribution in [3.8, 4) is 5.75 Å². The van der Waals surface area contributed by atoms with Crippen LogP contribution in [0.5, 0.6) is 5.75 Å². The van der Waals surface area contributed by atoms with Gasteiger partial charge in [-0.25, -0.2) is 0 Å². The Labute approximate surface area is 257 Å². The molecule has 4 rings (SSSR count). The maximum atomic E-state index is 13.6. The third-order valence-corrected chi connectivity index (χ3v) is 8.50. The molecule has 0 radical (unpaired) electrons. The van der Waals surface area contributed by atoms with E-state index in [1.165, 1.54) is 5.56 Å². The number of fused-ring (bicyclic) bond motifs is 1. The molecule has 2 heterocycles. The van der Waals surface area contributed by atoms with Gasteiger partial charge in [-0.2, -0.15) is 0 Å². The Balaban J connectivity index is 1.51. The molecule has 216 valence electrons. The van der Waals surface area contributed by atoms with Crippen LogP contribution in [0, 0.1) is 5.92 Å². The number of pyridine rings is 1. The summed E-state index contributed by atoms with van der Waals surface area (Å²) >= 11 is 2.42. The van der Waals surface area contributed by atoms with E-state index in [1.807, 2.05) is 66.1 Å². The highest BCUT2D eigenvalue weighted by molar-refractivity contribution is 14.1. The summed E-state index contributed by atoms with van der Waals surface area (Å²) in [5, 5.41) is 0. The highest BCUT2D eigenvalue weighted by Gasteiger charge is 2.30. The van der Waals surface area contributed by atoms with E-state index in [0.29, 0.717) is 42.9 Å². The number of aryl methyl sites for hydroxylation is 1. The molecule has 2 aromatic heterocycles. The third-order valence-electron chi connectivity index (χ3n) is 7.12. The van der Waals surface area contributed by atoms with Crippen molar-refractivity contribution in [1.82, 2.24) is 4.40 Å². The molecule has 0 aliphatic carbocycles. The Hall–Kier alpha value is -3.13. The van der Waals surface area contributed by atoms with E-state index < -0.39 is 3.61 Å². The molecule has 0 N–H and O–H groups in total. The number of ketones is 1. The van der Waals surface area contributed by atoms with Crippen molar-refractivity contribution in [2.24, 2.45) is 5.92 Å². The second-order valence-electron chi connectivity index (χ2n) is 10.9. The number of benzene rings is 2. The van der Waals surface area contributed by atoms with Gasteiger partial charge >= 0.3 is 5.97 Å². The lowest BCUT2D eigenvalue weighted by Gasteiger charge is -2.29. The van der Waals surface area contributed by atoms with E-state index in [4.69, 9.17) is 9.47 Å². The molecule has 41 heavy (non-hydrogen) atoms. The zero-order valence-corrected chi connectivity index (χ0v) is 26.6. The third kappa shape index (κ3) is 7.79. The summed E-state index contributed by atoms with van der Waals surface area (Å²) in [5.41, 5.74) is 5.60. The Morgan fingerprint density at radius 1 is 0.976 bits per heavy atom. The van der Waals surface area contributed by atoms with E-state index in [9.17, 15) is 9.59 Å². The van der Waals surface area contributed by atoms with Crippen molar-refractivity contribution < 1.29 is 19.1 Å². The number of esters is 1. The molecule has 0 bridgehead atoms. The van der Waals surface area contributed by atoms with Gasteiger partial charge in [-0.15, -0.1) is 0 Å². The van der Waals surface area contributed by atoms with Crippen LogP contribution in [0.15, 0.2) is 79.0 Å². The molecule has 0 saturated heterocycles. The van der Waals surface area contributed by atoms with Crippen molar-refractivity contribution in [3.63, 3.8) is 0 Å². The number of hydrogen-bond acceptors (Lipinski definition) is 4. The minimum Gasteiger partial charge on any atom is -0.472 e. The Kier molecular flexibility index (Phi) is 10.6. The van der Waals surface area contributed by atoms with Crippen LogP contribution in [0.3, 0.4) is 0 Å². The molecule has 0 aliphatic heterocycles. The first-order chi connectivity index (χ1) is 19.7. The molecule has 0 spiro atoms. The molecule has 5 nitrogen and oxygen atoms in total. The Morgan fingerprint density at radius 3 is 2.37 bits per heavy atom. The summed E-state index contributed by atoms with van der Waals surface area (Å²) in [4.78, 5) is 25.4. The highest BCUT2D eigenvalue weighted by Crippen LogP contribution is 2.39. The first-order valence-corrected chi connectivity index (χ1v) is 15.7. The van der Waals surface area contributed by atoms with E-state index in [1.54, 1.807) is 0 Å². The molecular weight excluding hydrogens is 625 g/mol. The van der Waals surface area contributed by atoms with Crippen LogP contribution in [-0.4, -0.2) is 22.8 Å². The molecule has 6 heteroatoms. The van der Waals surface area contributed by atoms with Crippen molar-refractivity contribution in [2.45, 2.75) is 69.8 Å². The highest BCUT2D eigenvalue weighted by atomic mass is 127. The van der Waals surface area contributed by atoms with E-state index >= 15 is 0 Å². The number of carbonyl (C=O) groups excluding carboxylic acids is 2. The first-order valence-electron chi connectivity index (χ1n) is 14.6. The molecule has 0 fully saturated rings. The lowest BCUT2D eigenvalue weighted by molar-refractivity contribution is -0.143. The summed E-state index contributed by atoms with van der Waals surface area (Å²) in [5.74, 6) is 1.12. The second kappa shape index (κ2) is 14.2. The van der Waals surface area contributed by atoms with E-state index in [-0.39, 0.29) is 11.8 Å². The van der Waals surface area contributed by atoms with Crippen LogP contribution in [-0.2, 0) is 26.0 Å². The van der Waals surface area contributed by atoms with Gasteiger partial charge in [0.05, 0.1) is 12.1 Å². The fourth-order valence-electron chi connectivity index (χ4n) is 5.20. The number of aromatic nitrogens is 1. The number of hydrogen-bond donors (Lipinski definition) is 0. The quantitative estimate of drug-likeness (QED) is 0.0585. The standard InChI is InChI=1S/C35H40INO4/c1-5-21-35(36,28-17-13-26(14-18-28)23-25(3)4)41-30-19-15-27(16-20-30)34(39)31-24-29(10-9-12-33(38)40-6-2)37-22-8-7-11-32(31)37/h7-8,11,13-20,22,24-25H,5-6,9-10,12,21,23H2,1-4H3/t35-/m1/s1. The normalized spacial score (nSPS) is 12.8. The minimum atomic E-state index is -0.495. The van der Waals surface area contributed by atoms with Crippen LogP contribution < -0.4 is 4.74 Å². The maximum absolute atomic E-state index is 13.6. The van der Waals surface area contributed by atoms with Gasteiger partial charge < -0.3 is 13.9 Å². The average molecular weight is 666 g/mol. The van der Waals surface area contributed by atoms with E-state index in [2.05, 4.69) is 67.6 Å². The number of ether oxygens (including phenoxy) is 2. The monoisotopic (exact) mass is 665 g/mol. The first kappa shape index (κ1) is 30.8. The van der Waals surface area contributed by atoms with Crippen LogP contribution in [0.1, 0.15) is 86.1 Å². The molecule has 0 unspecified atom stereocenters. The number of alkyl halides is 1. The van der Waals surface area contributed by atoms with Crippen molar-refractivity contribution >= 4 is 39.9 Å². The van der Waals surface area contributed by atoms with Gasteiger partial charge in [0.15, 0.2) is 9.39 Å². The van der Waals surface area contributed by atoms with Crippen molar-refractivity contribution in [2.75, 3.05) is 6.61 Å². The predicted molar refractivity (Wildman–Crippen MR) is 173 cm³/mol. The zero-order valence-electron chi connectivity index (χ0n) is 24.5. The Morgan fingerprint density at radius 2 is 1.71 bits per heavy atom. The molecular formula is C35H40INO4. The van der Waals surface area contributed by atoms with Gasteiger partial charge in [0.1, 0.15) is 5.75 Å². The van der Waals surface area contributed by atoms with Crippen LogP contribution in [0.2, 0.25) is 0 Å². The molecule has 4 aromatic rings. The van der Waals surface area contributed by atoms with Crippen molar-refractivity contribution in [1.29, 1.82) is 0 Å². The number of carbonyl (C=O) groups is 2. The van der Waals surface area contributed by atoms with Crippen LogP contribution in [0.4, 0.5) is 0 Å². The van der Waals surface area contributed by atoms with Gasteiger partial charge in [-0.05, 0) is 103 Å². The largest absolute Gasteiger partial charge is 0.472 e. The molecule has 2 aromatic carbocycles. The fraction of sp³-hybridized carbons (Fsp3) is 0.371. The number of rotatable bonds is 14. The lowest BCUT2D eigenvalue weighted by Crippen LogP contribution is -2.25. The molecule has 0 saturated carbocycles. The second-order valence-corrected chi connectivity index (χ2v) is 12.6. The van der Waals surface area contributed by atoms with Gasteiger partial charge in [0.2, 0.25) is 0 Å². The van der Waals surface area contributed by atoms with Gasteiger partial charge in [-0.1, -0.05) is 57.5 Å². The summed E-state index contributed by atoms with van der Waals surface area (Å²) in [6, 6.07) is 24.0. The zero-order chi connectivity index (χ0) is 29.4. The maximum Gasteiger partial charge on any atom is 0.305 e. The van der Waals surface area contributed by atoms with Crippen LogP contribution in [0.25, 0.3) is 5.52 Å². The average Bonchev–Trinajstić information content (AvgIpc) is 3.32. The number of halogens is 1. The van der Waals surface area contributed by atoms with Crippen LogP contribution >= 0.6 is 22.6 Å². The van der Waals surface area contributed by atoms with Gasteiger partial charge in [0, 0.05) is 41.4 Å². The smallest absolute Gasteiger partial charge is 0.305 e.